The molecule has 1 amide bonds. The Bertz CT molecular complexity index is 930. The van der Waals surface area contributed by atoms with Gasteiger partial charge in [-0.2, -0.15) is 0 Å². The fourth-order valence-electron chi connectivity index (χ4n) is 2.57. The van der Waals surface area contributed by atoms with Gasteiger partial charge in [-0.15, -0.1) is 0 Å². The first-order valence-corrected chi connectivity index (χ1v) is 8.49. The minimum atomic E-state index is -0.293. The molecule has 1 aromatic carbocycles. The van der Waals surface area contributed by atoms with Gasteiger partial charge in [0.05, 0.1) is 33.5 Å². The molecular weight excluding hydrogens is 361 g/mol. The first kappa shape index (κ1) is 17.6. The van der Waals surface area contributed by atoms with Crippen LogP contribution >= 0.6 is 23.2 Å². The van der Waals surface area contributed by atoms with Gasteiger partial charge in [0, 0.05) is 5.56 Å². The van der Waals surface area contributed by atoms with Crippen LogP contribution in [-0.2, 0) is 0 Å². The van der Waals surface area contributed by atoms with E-state index in [0.717, 1.165) is 11.3 Å². The number of rotatable bonds is 4. The topological polar surface area (TPSA) is 70.9 Å². The van der Waals surface area contributed by atoms with E-state index in [1.165, 1.54) is 0 Å². The third-order valence-corrected chi connectivity index (χ3v) is 4.61. The molecule has 0 radical (unpaired) electrons. The molecule has 0 saturated carbocycles. The Hall–Kier alpha value is -2.24. The van der Waals surface area contributed by atoms with Crippen LogP contribution in [0.15, 0.2) is 34.9 Å². The van der Waals surface area contributed by atoms with Crippen molar-refractivity contribution >= 4 is 29.1 Å². The van der Waals surface area contributed by atoms with Crippen LogP contribution < -0.4 is 5.32 Å². The number of furan rings is 1. The van der Waals surface area contributed by atoms with E-state index in [9.17, 15) is 4.79 Å². The number of amides is 1. The monoisotopic (exact) mass is 377 g/mol. The van der Waals surface area contributed by atoms with Crippen LogP contribution in [0, 0.1) is 13.8 Å². The Morgan fingerprint density at radius 3 is 2.64 bits per heavy atom. The number of hydrogen-bond donors (Lipinski definition) is 2. The summed E-state index contributed by atoms with van der Waals surface area (Å²) in [4.78, 5) is 19.9. The highest BCUT2D eigenvalue weighted by molar-refractivity contribution is 6.42. The zero-order valence-electron chi connectivity index (χ0n) is 14.0. The van der Waals surface area contributed by atoms with E-state index >= 15 is 0 Å². The molecule has 25 heavy (non-hydrogen) atoms. The maximum absolute atomic E-state index is 12.4. The second-order valence-electron chi connectivity index (χ2n) is 5.83. The Morgan fingerprint density at radius 1 is 1.24 bits per heavy atom. The van der Waals surface area contributed by atoms with Gasteiger partial charge in [-0.05, 0) is 39.0 Å². The molecule has 0 bridgehead atoms. The van der Waals surface area contributed by atoms with Gasteiger partial charge in [0.15, 0.2) is 0 Å². The molecule has 0 aliphatic rings. The summed E-state index contributed by atoms with van der Waals surface area (Å²) in [6.07, 6.45) is 1.70. The lowest BCUT2D eigenvalue weighted by molar-refractivity contribution is 0.0937. The molecule has 2 heterocycles. The van der Waals surface area contributed by atoms with Crippen molar-refractivity contribution in [2.75, 3.05) is 0 Å². The number of halogens is 2. The minimum absolute atomic E-state index is 0.200. The number of aryl methyl sites for hydroxylation is 2. The number of H-pyrrole nitrogens is 1. The fraction of sp³-hybridized carbons (Fsp3) is 0.222. The molecule has 130 valence electrons. The van der Waals surface area contributed by atoms with Crippen LogP contribution in [0.4, 0.5) is 0 Å². The number of benzene rings is 1. The van der Waals surface area contributed by atoms with E-state index in [0.29, 0.717) is 33.0 Å². The molecule has 2 N–H and O–H groups in total. The lowest BCUT2D eigenvalue weighted by Gasteiger charge is -2.11. The third-order valence-electron chi connectivity index (χ3n) is 3.87. The second kappa shape index (κ2) is 6.94. The molecule has 1 atom stereocenters. The highest BCUT2D eigenvalue weighted by atomic mass is 35.5. The first-order chi connectivity index (χ1) is 11.8. The summed E-state index contributed by atoms with van der Waals surface area (Å²) < 4.78 is 5.40. The third kappa shape index (κ3) is 3.72. The van der Waals surface area contributed by atoms with Crippen molar-refractivity contribution in [2.45, 2.75) is 26.8 Å². The lowest BCUT2D eigenvalue weighted by atomic mass is 10.2. The number of hydrogen-bond acceptors (Lipinski definition) is 3. The number of aromatic amines is 1. The first-order valence-electron chi connectivity index (χ1n) is 7.73. The van der Waals surface area contributed by atoms with Crippen LogP contribution in [0.5, 0.6) is 0 Å². The van der Waals surface area contributed by atoms with E-state index in [4.69, 9.17) is 27.6 Å². The van der Waals surface area contributed by atoms with Crippen molar-refractivity contribution in [3.8, 4) is 11.3 Å². The Morgan fingerprint density at radius 2 is 2.00 bits per heavy atom. The maximum Gasteiger partial charge on any atom is 0.255 e. The summed E-state index contributed by atoms with van der Waals surface area (Å²) in [5, 5.41) is 3.88. The zero-order chi connectivity index (χ0) is 18.1. The summed E-state index contributed by atoms with van der Waals surface area (Å²) in [6, 6.07) is 6.78. The van der Waals surface area contributed by atoms with Gasteiger partial charge in [-0.1, -0.05) is 29.3 Å². The van der Waals surface area contributed by atoms with E-state index in [1.807, 2.05) is 19.9 Å². The minimum Gasteiger partial charge on any atom is -0.466 e. The number of imidazole rings is 1. The number of nitrogens with one attached hydrogen (secondary N) is 2. The van der Waals surface area contributed by atoms with E-state index in [1.54, 1.807) is 31.3 Å². The highest BCUT2D eigenvalue weighted by Gasteiger charge is 2.18. The number of aromatic nitrogens is 2. The second-order valence-corrected chi connectivity index (χ2v) is 6.65. The van der Waals surface area contributed by atoms with Crippen molar-refractivity contribution in [3.63, 3.8) is 0 Å². The molecule has 2 aromatic heterocycles. The summed E-state index contributed by atoms with van der Waals surface area (Å²) in [5.41, 5.74) is 2.19. The van der Waals surface area contributed by atoms with Gasteiger partial charge in [0.2, 0.25) is 0 Å². The number of carbonyl (C=O) groups excluding carboxylic acids is 1. The average molecular weight is 378 g/mol. The molecule has 7 heteroatoms. The molecular formula is C18H17Cl2N3O2. The van der Waals surface area contributed by atoms with E-state index in [2.05, 4.69) is 15.3 Å². The van der Waals surface area contributed by atoms with Crippen molar-refractivity contribution < 1.29 is 9.21 Å². The Balaban J connectivity index is 1.76. The summed E-state index contributed by atoms with van der Waals surface area (Å²) >= 11 is 12.0. The van der Waals surface area contributed by atoms with Gasteiger partial charge < -0.3 is 14.7 Å². The molecule has 3 aromatic rings. The van der Waals surface area contributed by atoms with Crippen LogP contribution in [-0.4, -0.2) is 15.9 Å². The molecule has 0 unspecified atom stereocenters. The van der Waals surface area contributed by atoms with Crippen LogP contribution in [0.1, 0.15) is 40.7 Å². The highest BCUT2D eigenvalue weighted by Crippen LogP contribution is 2.28. The van der Waals surface area contributed by atoms with E-state index < -0.39 is 0 Å². The predicted molar refractivity (Wildman–Crippen MR) is 98.1 cm³/mol. The standard InChI is InChI=1S/C18H17Cl2N3O2/c1-9-6-13(11(3)25-9)18(24)22-10(2)17-21-8-16(23-17)12-4-5-14(19)15(20)7-12/h4-8,10H,1-3H3,(H,21,23)(H,22,24)/t10-/m1/s1. The lowest BCUT2D eigenvalue weighted by Crippen LogP contribution is -2.27. The predicted octanol–water partition coefficient (Wildman–Crippen LogP) is 5.08. The molecule has 0 aliphatic carbocycles. The SMILES string of the molecule is Cc1cc(C(=O)N[C@H](C)c2ncc(-c3ccc(Cl)c(Cl)c3)[nH]2)c(C)o1. The van der Waals surface area contributed by atoms with Crippen molar-refractivity contribution in [2.24, 2.45) is 0 Å². The molecule has 0 aliphatic heterocycles. The molecule has 0 saturated heterocycles. The van der Waals surface area contributed by atoms with Crippen LogP contribution in [0.2, 0.25) is 10.0 Å². The molecule has 0 spiro atoms. The number of nitrogens with zero attached hydrogens (tertiary/aromatic N) is 1. The zero-order valence-corrected chi connectivity index (χ0v) is 15.5. The van der Waals surface area contributed by atoms with Gasteiger partial charge in [-0.3, -0.25) is 4.79 Å². The van der Waals surface area contributed by atoms with Crippen molar-refractivity contribution in [1.82, 2.24) is 15.3 Å². The van der Waals surface area contributed by atoms with Crippen LogP contribution in [0.25, 0.3) is 11.3 Å². The van der Waals surface area contributed by atoms with Gasteiger partial charge in [0.25, 0.3) is 5.91 Å². The quantitative estimate of drug-likeness (QED) is 0.665. The summed E-state index contributed by atoms with van der Waals surface area (Å²) in [5.74, 6) is 1.75. The largest absolute Gasteiger partial charge is 0.466 e. The molecule has 3 rings (SSSR count). The summed E-state index contributed by atoms with van der Waals surface area (Å²) in [7, 11) is 0. The fourth-order valence-corrected chi connectivity index (χ4v) is 2.86. The number of carbonyl (C=O) groups is 1. The maximum atomic E-state index is 12.4. The Kier molecular flexibility index (Phi) is 4.88. The van der Waals surface area contributed by atoms with Crippen LogP contribution in [0.3, 0.4) is 0 Å². The normalized spacial score (nSPS) is 12.2. The van der Waals surface area contributed by atoms with Gasteiger partial charge in [-0.25, -0.2) is 4.98 Å². The van der Waals surface area contributed by atoms with E-state index in [-0.39, 0.29) is 11.9 Å². The smallest absolute Gasteiger partial charge is 0.255 e. The van der Waals surface area contributed by atoms with Gasteiger partial charge in [0.1, 0.15) is 17.3 Å². The van der Waals surface area contributed by atoms with Crippen molar-refractivity contribution in [1.29, 1.82) is 0 Å². The average Bonchev–Trinajstić information content (AvgIpc) is 3.16. The molecule has 5 nitrogen and oxygen atoms in total. The van der Waals surface area contributed by atoms with Gasteiger partial charge >= 0.3 is 0 Å². The molecule has 0 fully saturated rings. The Labute approximate surface area is 155 Å². The summed E-state index contributed by atoms with van der Waals surface area (Å²) in [6.45, 7) is 5.43. The van der Waals surface area contributed by atoms with Crippen molar-refractivity contribution in [3.05, 3.63) is 63.4 Å².